The molecule has 1 saturated heterocycles. The monoisotopic (exact) mass is 450 g/mol. The summed E-state index contributed by atoms with van der Waals surface area (Å²) in [5, 5.41) is 2.66. The largest absolute Gasteiger partial charge is 0.488 e. The lowest BCUT2D eigenvalue weighted by atomic mass is 9.94. The molecular weight excluding hydrogens is 420 g/mol. The summed E-state index contributed by atoms with van der Waals surface area (Å²) in [5.74, 6) is -1.73. The molecule has 1 aromatic carbocycles. The van der Waals surface area contributed by atoms with E-state index in [4.69, 9.17) is 18.9 Å². The first-order chi connectivity index (χ1) is 14.9. The van der Waals surface area contributed by atoms with Crippen LogP contribution in [0.4, 0.5) is 10.5 Å². The first-order valence-electron chi connectivity index (χ1n) is 10.1. The topological polar surface area (TPSA) is 120 Å². The Morgan fingerprint density at radius 1 is 1.06 bits per heavy atom. The van der Waals surface area contributed by atoms with Gasteiger partial charge in [0, 0.05) is 18.5 Å². The highest BCUT2D eigenvalue weighted by molar-refractivity contribution is 5.88. The van der Waals surface area contributed by atoms with Gasteiger partial charge in [0.2, 0.25) is 5.91 Å². The number of ether oxygens (including phenoxy) is 4. The minimum atomic E-state index is -1.09. The molecule has 2 rings (SSSR count). The third-order valence-corrected chi connectivity index (χ3v) is 4.76. The number of benzene rings is 1. The van der Waals surface area contributed by atoms with Gasteiger partial charge in [-0.15, -0.1) is 0 Å². The normalized spacial score (nSPS) is 20.3. The third-order valence-electron chi connectivity index (χ3n) is 4.76. The first kappa shape index (κ1) is 25.0. The molecule has 10 heteroatoms. The number of amides is 2. The molecule has 0 aliphatic carbocycles. The predicted octanol–water partition coefficient (Wildman–Crippen LogP) is 2.36. The molecule has 32 heavy (non-hydrogen) atoms. The molecule has 0 radical (unpaired) electrons. The molecule has 1 aromatic rings. The predicted molar refractivity (Wildman–Crippen MR) is 114 cm³/mol. The van der Waals surface area contributed by atoms with E-state index in [-0.39, 0.29) is 18.9 Å². The lowest BCUT2D eigenvalue weighted by Gasteiger charge is -2.28. The van der Waals surface area contributed by atoms with Gasteiger partial charge in [0.25, 0.3) is 0 Å². The van der Waals surface area contributed by atoms with Crippen molar-refractivity contribution in [3.05, 3.63) is 24.3 Å². The van der Waals surface area contributed by atoms with Crippen molar-refractivity contribution in [2.45, 2.75) is 51.9 Å². The van der Waals surface area contributed by atoms with Crippen LogP contribution < -0.4 is 10.1 Å². The second kappa shape index (κ2) is 10.3. The number of nitrogens with zero attached hydrogens (tertiary/aromatic N) is 1. The van der Waals surface area contributed by atoms with E-state index < -0.39 is 41.7 Å². The smallest absolute Gasteiger partial charge is 0.411 e. The lowest BCUT2D eigenvalue weighted by molar-refractivity contribution is -0.149. The number of rotatable bonds is 6. The minimum Gasteiger partial charge on any atom is -0.488 e. The zero-order valence-electron chi connectivity index (χ0n) is 19.2. The third kappa shape index (κ3) is 6.60. The molecule has 1 aliphatic rings. The van der Waals surface area contributed by atoms with Gasteiger partial charge in [0.1, 0.15) is 23.5 Å². The Balaban J connectivity index is 2.33. The van der Waals surface area contributed by atoms with Crippen molar-refractivity contribution in [3.63, 3.8) is 0 Å². The molecular formula is C22H30N2O8. The van der Waals surface area contributed by atoms with E-state index in [0.717, 1.165) is 0 Å². The quantitative estimate of drug-likeness (QED) is 0.518. The van der Waals surface area contributed by atoms with Gasteiger partial charge in [-0.1, -0.05) is 0 Å². The van der Waals surface area contributed by atoms with E-state index in [0.29, 0.717) is 11.4 Å². The van der Waals surface area contributed by atoms with Crippen molar-refractivity contribution < 1.29 is 38.1 Å². The molecule has 1 fully saturated rings. The highest BCUT2D eigenvalue weighted by Gasteiger charge is 2.51. The molecule has 176 valence electrons. The fourth-order valence-corrected chi connectivity index (χ4v) is 3.45. The van der Waals surface area contributed by atoms with Crippen molar-refractivity contribution in [2.75, 3.05) is 26.1 Å². The highest BCUT2D eigenvalue weighted by atomic mass is 16.6. The Bertz CT molecular complexity index is 846. The number of methoxy groups -OCH3 is 2. The summed E-state index contributed by atoms with van der Waals surface area (Å²) in [6.07, 6.45) is -1.59. The molecule has 2 amide bonds. The van der Waals surface area contributed by atoms with Crippen LogP contribution in [0.5, 0.6) is 5.75 Å². The summed E-state index contributed by atoms with van der Waals surface area (Å²) in [4.78, 5) is 49.9. The summed E-state index contributed by atoms with van der Waals surface area (Å²) in [6, 6.07) is 5.51. The number of esters is 2. The second-order valence-corrected chi connectivity index (χ2v) is 8.41. The van der Waals surface area contributed by atoms with Crippen molar-refractivity contribution >= 4 is 29.6 Å². The second-order valence-electron chi connectivity index (χ2n) is 8.41. The van der Waals surface area contributed by atoms with Gasteiger partial charge in [-0.2, -0.15) is 0 Å². The zero-order chi connectivity index (χ0) is 24.1. The number of likely N-dealkylation sites (tertiary alicyclic amines) is 1. The van der Waals surface area contributed by atoms with Crippen LogP contribution in [0, 0.1) is 5.92 Å². The molecule has 0 saturated carbocycles. The van der Waals surface area contributed by atoms with Gasteiger partial charge in [-0.05, 0) is 45.0 Å². The van der Waals surface area contributed by atoms with Crippen molar-refractivity contribution in [1.82, 2.24) is 4.90 Å². The summed E-state index contributed by atoms with van der Waals surface area (Å²) in [6.45, 7) is 6.54. The summed E-state index contributed by atoms with van der Waals surface area (Å²) in [5.41, 5.74) is -0.195. The SMILES string of the molecule is COC(=O)C[C@@H]1[C@@H](C(=O)OC)N(C(=O)OC(C)(C)C)C[C@H]1Oc1ccc(NC(C)=O)cc1. The van der Waals surface area contributed by atoms with Crippen LogP contribution in [0.2, 0.25) is 0 Å². The number of anilines is 1. The minimum absolute atomic E-state index is 0.00376. The van der Waals surface area contributed by atoms with Crippen LogP contribution >= 0.6 is 0 Å². The van der Waals surface area contributed by atoms with E-state index >= 15 is 0 Å². The van der Waals surface area contributed by atoms with Crippen LogP contribution in [0.3, 0.4) is 0 Å². The van der Waals surface area contributed by atoms with Crippen LogP contribution in [0.25, 0.3) is 0 Å². The Labute approximate surface area is 187 Å². The Morgan fingerprint density at radius 3 is 2.19 bits per heavy atom. The van der Waals surface area contributed by atoms with E-state index in [1.807, 2.05) is 0 Å². The van der Waals surface area contributed by atoms with Crippen LogP contribution in [0.1, 0.15) is 34.1 Å². The van der Waals surface area contributed by atoms with Gasteiger partial charge in [0.05, 0.1) is 27.2 Å². The van der Waals surface area contributed by atoms with Crippen LogP contribution in [0.15, 0.2) is 24.3 Å². The number of nitrogens with one attached hydrogen (secondary N) is 1. The highest BCUT2D eigenvalue weighted by Crippen LogP contribution is 2.33. The standard InChI is InChI=1S/C22H30N2O8/c1-13(25)23-14-7-9-15(10-8-14)31-17-12-24(21(28)32-22(2,3)4)19(20(27)30-6)16(17)11-18(26)29-5/h7-10,16-17,19H,11-12H2,1-6H3,(H,23,25)/t16-,17+,19-/m0/s1. The van der Waals surface area contributed by atoms with Gasteiger partial charge < -0.3 is 24.3 Å². The van der Waals surface area contributed by atoms with Crippen LogP contribution in [-0.2, 0) is 28.6 Å². The van der Waals surface area contributed by atoms with Gasteiger partial charge in [-0.3, -0.25) is 14.5 Å². The van der Waals surface area contributed by atoms with Crippen molar-refractivity contribution in [1.29, 1.82) is 0 Å². The number of carbonyl (C=O) groups excluding carboxylic acids is 4. The zero-order valence-corrected chi connectivity index (χ0v) is 19.2. The molecule has 1 N–H and O–H groups in total. The van der Waals surface area contributed by atoms with Crippen molar-refractivity contribution in [2.24, 2.45) is 5.92 Å². The molecule has 1 aliphatic heterocycles. The molecule has 3 atom stereocenters. The van der Waals surface area contributed by atoms with E-state index in [9.17, 15) is 19.2 Å². The van der Waals surface area contributed by atoms with Gasteiger partial charge in [-0.25, -0.2) is 9.59 Å². The first-order valence-corrected chi connectivity index (χ1v) is 10.1. The van der Waals surface area contributed by atoms with Gasteiger partial charge in [0.15, 0.2) is 0 Å². The van der Waals surface area contributed by atoms with E-state index in [1.165, 1.54) is 26.0 Å². The molecule has 1 heterocycles. The number of carbonyl (C=O) groups is 4. The fraction of sp³-hybridized carbons (Fsp3) is 0.545. The van der Waals surface area contributed by atoms with Crippen LogP contribution in [-0.4, -0.2) is 67.4 Å². The molecule has 0 bridgehead atoms. The maximum atomic E-state index is 12.8. The van der Waals surface area contributed by atoms with Gasteiger partial charge >= 0.3 is 18.0 Å². The summed E-state index contributed by atoms with van der Waals surface area (Å²) < 4.78 is 21.2. The molecule has 0 unspecified atom stereocenters. The molecule has 10 nitrogen and oxygen atoms in total. The average Bonchev–Trinajstić information content (AvgIpc) is 3.05. The Kier molecular flexibility index (Phi) is 8.07. The summed E-state index contributed by atoms with van der Waals surface area (Å²) >= 11 is 0. The number of hydrogen-bond donors (Lipinski definition) is 1. The van der Waals surface area contributed by atoms with E-state index in [1.54, 1.807) is 45.0 Å². The maximum absolute atomic E-state index is 12.8. The fourth-order valence-electron chi connectivity index (χ4n) is 3.45. The average molecular weight is 450 g/mol. The molecule has 0 spiro atoms. The maximum Gasteiger partial charge on any atom is 0.411 e. The molecule has 0 aromatic heterocycles. The number of hydrogen-bond acceptors (Lipinski definition) is 8. The Morgan fingerprint density at radius 2 is 1.69 bits per heavy atom. The van der Waals surface area contributed by atoms with Crippen molar-refractivity contribution in [3.8, 4) is 5.75 Å². The Hall–Kier alpha value is -3.30. The lowest BCUT2D eigenvalue weighted by Crippen LogP contribution is -2.46. The van der Waals surface area contributed by atoms with E-state index in [2.05, 4.69) is 5.32 Å². The summed E-state index contributed by atoms with van der Waals surface area (Å²) in [7, 11) is 2.45.